The Kier molecular flexibility index (Phi) is 7.63. The molecule has 1 saturated heterocycles. The number of aromatic amines is 1. The SMILES string of the molecule is COc1ccc(NC(=O)COc2ccccc2[C@H]2c3sc(=O)[nH]c3SC3C2[C@H]2C[C@@H]3C3C(=O)N(c4cccc(C(F)(F)F)c4)C(=O)C32)cc1. The van der Waals surface area contributed by atoms with Crippen molar-refractivity contribution in [2.75, 3.05) is 23.9 Å². The van der Waals surface area contributed by atoms with Crippen LogP contribution in [0.2, 0.25) is 0 Å². The Hall–Kier alpha value is -4.56. The third-order valence-corrected chi connectivity index (χ3v) is 12.7. The van der Waals surface area contributed by atoms with E-state index < -0.39 is 35.4 Å². The molecule has 9 nitrogen and oxygen atoms in total. The van der Waals surface area contributed by atoms with Crippen molar-refractivity contribution in [1.82, 2.24) is 4.98 Å². The standard InChI is InChI=1S/C35H28F3N3O6S2/c1-46-19-11-9-17(10-12-19)39-24(42)15-47-23-8-3-2-7-20(23)25-26-21-14-22(29(26)48-31-30(25)49-34(45)40-31)28-27(21)32(43)41(33(28)44)18-6-4-5-16(13-18)35(36,37)38/h2-13,21-22,25-29H,14-15H2,1H3,(H,39,42)(H,40,45)/t21-,22-,25-,26?,27?,28?,29?/m1/s1. The number of methoxy groups -OCH3 is 1. The molecule has 252 valence electrons. The van der Waals surface area contributed by atoms with Crippen LogP contribution in [0.4, 0.5) is 24.5 Å². The van der Waals surface area contributed by atoms with Gasteiger partial charge in [-0.3, -0.25) is 24.1 Å². The highest BCUT2D eigenvalue weighted by atomic mass is 32.2. The predicted octanol–water partition coefficient (Wildman–Crippen LogP) is 6.16. The van der Waals surface area contributed by atoms with Crippen LogP contribution >= 0.6 is 23.1 Å². The number of thiazole rings is 1. The lowest BCUT2D eigenvalue weighted by Gasteiger charge is -2.43. The number of rotatable bonds is 7. The lowest BCUT2D eigenvalue weighted by atomic mass is 9.68. The number of hydrogen-bond acceptors (Lipinski definition) is 8. The summed E-state index contributed by atoms with van der Waals surface area (Å²) in [6.45, 7) is -0.287. The number of halogens is 3. The number of nitrogens with zero attached hydrogens (tertiary/aromatic N) is 1. The average molecular weight is 708 g/mol. The zero-order valence-corrected chi connectivity index (χ0v) is 27.4. The first-order chi connectivity index (χ1) is 23.5. The van der Waals surface area contributed by atoms with Crippen molar-refractivity contribution in [3.05, 3.63) is 98.5 Å². The largest absolute Gasteiger partial charge is 0.497 e. The molecule has 3 aromatic carbocycles. The number of nitrogens with one attached hydrogen (secondary N) is 2. The van der Waals surface area contributed by atoms with Gasteiger partial charge in [-0.1, -0.05) is 35.6 Å². The van der Waals surface area contributed by atoms with E-state index in [2.05, 4.69) is 10.3 Å². The maximum Gasteiger partial charge on any atom is 0.416 e. The fourth-order valence-electron chi connectivity index (χ4n) is 8.32. The zero-order chi connectivity index (χ0) is 34.2. The van der Waals surface area contributed by atoms with Gasteiger partial charge < -0.3 is 19.8 Å². The minimum Gasteiger partial charge on any atom is -0.497 e. The Bertz CT molecular complexity index is 2050. The van der Waals surface area contributed by atoms with Crippen molar-refractivity contribution in [3.8, 4) is 11.5 Å². The Morgan fingerprint density at radius 2 is 1.71 bits per heavy atom. The van der Waals surface area contributed by atoms with Gasteiger partial charge in [0, 0.05) is 27.3 Å². The molecule has 3 amide bonds. The molecule has 0 spiro atoms. The molecule has 49 heavy (non-hydrogen) atoms. The molecule has 3 fully saturated rings. The number of imide groups is 1. The number of hydrogen-bond donors (Lipinski definition) is 2. The maximum atomic E-state index is 14.0. The van der Waals surface area contributed by atoms with Crippen molar-refractivity contribution >= 4 is 52.2 Å². The number of fused-ring (bicyclic) bond motifs is 9. The summed E-state index contributed by atoms with van der Waals surface area (Å²) in [6.07, 6.45) is -4.02. The number of H-pyrrole nitrogens is 1. The van der Waals surface area contributed by atoms with Crippen molar-refractivity contribution in [1.29, 1.82) is 0 Å². The smallest absolute Gasteiger partial charge is 0.416 e. The summed E-state index contributed by atoms with van der Waals surface area (Å²) in [5.41, 5.74) is 0.309. The van der Waals surface area contributed by atoms with Crippen LogP contribution in [0.25, 0.3) is 0 Å². The number of para-hydroxylation sites is 1. The number of ether oxygens (including phenoxy) is 2. The van der Waals surface area contributed by atoms with Crippen molar-refractivity contribution < 1.29 is 37.0 Å². The van der Waals surface area contributed by atoms with E-state index in [1.165, 1.54) is 23.9 Å². The van der Waals surface area contributed by atoms with E-state index in [4.69, 9.17) is 9.47 Å². The van der Waals surface area contributed by atoms with Crippen LogP contribution in [0.3, 0.4) is 0 Å². The summed E-state index contributed by atoms with van der Waals surface area (Å²) in [6, 6.07) is 18.5. The third kappa shape index (κ3) is 5.23. The van der Waals surface area contributed by atoms with Gasteiger partial charge in [-0.2, -0.15) is 13.2 Å². The molecule has 2 aliphatic carbocycles. The molecule has 3 heterocycles. The number of benzene rings is 3. The average Bonchev–Trinajstić information content (AvgIpc) is 3.82. The van der Waals surface area contributed by atoms with Crippen LogP contribution < -0.4 is 24.6 Å². The van der Waals surface area contributed by atoms with Gasteiger partial charge in [0.1, 0.15) is 11.5 Å². The molecule has 0 radical (unpaired) electrons. The zero-order valence-electron chi connectivity index (χ0n) is 25.7. The predicted molar refractivity (Wildman–Crippen MR) is 176 cm³/mol. The summed E-state index contributed by atoms with van der Waals surface area (Å²) in [5.74, 6) is -2.65. The molecule has 2 aliphatic heterocycles. The number of anilines is 2. The van der Waals surface area contributed by atoms with Gasteiger partial charge in [-0.05, 0) is 72.7 Å². The number of carbonyl (C=O) groups is 3. The molecule has 4 unspecified atom stereocenters. The minimum absolute atomic E-state index is 0.0825. The first-order valence-electron chi connectivity index (χ1n) is 15.6. The fraction of sp³-hybridized carbons (Fsp3) is 0.314. The summed E-state index contributed by atoms with van der Waals surface area (Å²) >= 11 is 2.59. The molecule has 2 bridgehead atoms. The van der Waals surface area contributed by atoms with E-state index in [1.54, 1.807) is 43.5 Å². The van der Waals surface area contributed by atoms with Gasteiger partial charge in [0.2, 0.25) is 11.8 Å². The number of alkyl halides is 3. The number of thioether (sulfide) groups is 1. The van der Waals surface area contributed by atoms with E-state index in [9.17, 15) is 32.3 Å². The lowest BCUT2D eigenvalue weighted by molar-refractivity contribution is -0.137. The summed E-state index contributed by atoms with van der Waals surface area (Å²) in [4.78, 5) is 58.0. The second kappa shape index (κ2) is 11.8. The van der Waals surface area contributed by atoms with Gasteiger partial charge in [0.25, 0.3) is 5.91 Å². The Labute approximate surface area is 285 Å². The van der Waals surface area contributed by atoms with Crippen molar-refractivity contribution in [2.45, 2.75) is 28.8 Å². The van der Waals surface area contributed by atoms with E-state index in [1.807, 2.05) is 12.1 Å². The maximum absolute atomic E-state index is 14.0. The van der Waals surface area contributed by atoms with Crippen LogP contribution in [0.5, 0.6) is 11.5 Å². The molecule has 7 atom stereocenters. The first-order valence-corrected chi connectivity index (χ1v) is 17.3. The molecular formula is C35H28F3N3O6S2. The summed E-state index contributed by atoms with van der Waals surface area (Å²) in [5, 5.41) is 3.36. The highest BCUT2D eigenvalue weighted by molar-refractivity contribution is 8.00. The molecule has 1 aromatic heterocycles. The molecule has 4 aliphatic rings. The van der Waals surface area contributed by atoms with Gasteiger partial charge >= 0.3 is 11.0 Å². The highest BCUT2D eigenvalue weighted by Crippen LogP contribution is 2.69. The fourth-order valence-corrected chi connectivity index (χ4v) is 11.2. The van der Waals surface area contributed by atoms with E-state index in [0.717, 1.165) is 38.8 Å². The van der Waals surface area contributed by atoms with Crippen LogP contribution in [-0.2, 0) is 20.6 Å². The Morgan fingerprint density at radius 3 is 2.45 bits per heavy atom. The number of carbonyl (C=O) groups excluding carboxylic acids is 3. The monoisotopic (exact) mass is 707 g/mol. The topological polar surface area (TPSA) is 118 Å². The second-order valence-corrected chi connectivity index (χ2v) is 14.8. The van der Waals surface area contributed by atoms with Crippen LogP contribution in [0.15, 0.2) is 82.6 Å². The van der Waals surface area contributed by atoms with Gasteiger partial charge in [0.05, 0.1) is 35.2 Å². The molecule has 2 saturated carbocycles. The van der Waals surface area contributed by atoms with Gasteiger partial charge in [-0.25, -0.2) is 0 Å². The van der Waals surface area contributed by atoms with E-state index >= 15 is 0 Å². The molecule has 4 aromatic rings. The molecule has 2 N–H and O–H groups in total. The van der Waals surface area contributed by atoms with Crippen molar-refractivity contribution in [2.24, 2.45) is 29.6 Å². The first kappa shape index (κ1) is 31.7. The summed E-state index contributed by atoms with van der Waals surface area (Å²) < 4.78 is 51.9. The molecule has 14 heteroatoms. The third-order valence-electron chi connectivity index (χ3n) is 10.1. The molecule has 8 rings (SSSR count). The van der Waals surface area contributed by atoms with Gasteiger partial charge in [-0.15, -0.1) is 11.8 Å². The van der Waals surface area contributed by atoms with Crippen molar-refractivity contribution in [3.63, 3.8) is 0 Å². The Morgan fingerprint density at radius 1 is 0.980 bits per heavy atom. The van der Waals surface area contributed by atoms with Gasteiger partial charge in [0.15, 0.2) is 6.61 Å². The molecular weight excluding hydrogens is 680 g/mol. The summed E-state index contributed by atoms with van der Waals surface area (Å²) in [7, 11) is 1.55. The van der Waals surface area contributed by atoms with Crippen LogP contribution in [-0.4, -0.2) is 41.7 Å². The lowest BCUT2D eigenvalue weighted by Crippen LogP contribution is -2.42. The number of aromatic nitrogens is 1. The number of amides is 3. The minimum atomic E-state index is -4.63. The Balaban J connectivity index is 1.10. The second-order valence-electron chi connectivity index (χ2n) is 12.6. The highest BCUT2D eigenvalue weighted by Gasteiger charge is 2.70. The quantitative estimate of drug-likeness (QED) is 0.221. The van der Waals surface area contributed by atoms with E-state index in [-0.39, 0.29) is 52.0 Å². The van der Waals surface area contributed by atoms with E-state index in [0.29, 0.717) is 28.6 Å². The normalized spacial score (nSPS) is 26.7. The van der Waals surface area contributed by atoms with Crippen LogP contribution in [0.1, 0.15) is 28.3 Å². The van der Waals surface area contributed by atoms with Crippen LogP contribution in [0, 0.1) is 29.6 Å².